The molecule has 2 aliphatic rings. The molecule has 0 spiro atoms. The molecule has 0 N–H and O–H groups in total. The third kappa shape index (κ3) is 3.63. The van der Waals surface area contributed by atoms with E-state index in [1.54, 1.807) is 12.1 Å². The standard InChI is InChI=1S/C21H20ClF3O6/c1-27-10-5-4-9(22)14-15(10)20(29-3)16-11(6-7-21(23,24)25)30-12-8-13(26)31-18(12)17(16)19(14)28-2/h4-5,11-12,18H,6-8H2,1-3H3/t11-,12+,18-/m0/s1. The van der Waals surface area contributed by atoms with Crippen LogP contribution in [0.25, 0.3) is 10.8 Å². The largest absolute Gasteiger partial charge is 0.496 e. The van der Waals surface area contributed by atoms with Crippen LogP contribution in [0.15, 0.2) is 12.1 Å². The average Bonchev–Trinajstić information content (AvgIpc) is 3.10. The molecule has 0 unspecified atom stereocenters. The highest BCUT2D eigenvalue weighted by Gasteiger charge is 2.49. The minimum atomic E-state index is -4.38. The molecule has 31 heavy (non-hydrogen) atoms. The van der Waals surface area contributed by atoms with Crippen molar-refractivity contribution < 1.29 is 41.7 Å². The van der Waals surface area contributed by atoms with Gasteiger partial charge in [0.1, 0.15) is 23.4 Å². The van der Waals surface area contributed by atoms with Crippen LogP contribution in [0, 0.1) is 0 Å². The van der Waals surface area contributed by atoms with Gasteiger partial charge in [-0.05, 0) is 18.6 Å². The maximum atomic E-state index is 13.0. The van der Waals surface area contributed by atoms with Crippen molar-refractivity contribution in [2.45, 2.75) is 43.8 Å². The van der Waals surface area contributed by atoms with E-state index in [2.05, 4.69) is 0 Å². The van der Waals surface area contributed by atoms with Gasteiger partial charge in [0.15, 0.2) is 6.10 Å². The van der Waals surface area contributed by atoms with Crippen molar-refractivity contribution in [3.8, 4) is 17.2 Å². The van der Waals surface area contributed by atoms with Crippen molar-refractivity contribution in [1.29, 1.82) is 0 Å². The third-order valence-corrected chi connectivity index (χ3v) is 5.89. The molecule has 0 bridgehead atoms. The first-order chi connectivity index (χ1) is 14.7. The predicted octanol–water partition coefficient (Wildman–Crippen LogP) is 5.29. The SMILES string of the molecule is COc1ccc(Cl)c2c(OC)c3c(c(OC)c12)[C@H](CCC(F)(F)F)O[C@@H]1CC(=O)O[C@H]31. The van der Waals surface area contributed by atoms with Crippen molar-refractivity contribution in [2.24, 2.45) is 0 Å². The fourth-order valence-electron chi connectivity index (χ4n) is 4.40. The molecule has 0 saturated carbocycles. The van der Waals surface area contributed by atoms with Gasteiger partial charge in [0.05, 0.1) is 49.6 Å². The summed E-state index contributed by atoms with van der Waals surface area (Å²) in [5, 5.41) is 1.22. The number of ether oxygens (including phenoxy) is 5. The lowest BCUT2D eigenvalue weighted by molar-refractivity contribution is -0.150. The van der Waals surface area contributed by atoms with Crippen molar-refractivity contribution in [3.05, 3.63) is 28.3 Å². The van der Waals surface area contributed by atoms with Crippen molar-refractivity contribution in [1.82, 2.24) is 0 Å². The van der Waals surface area contributed by atoms with Crippen LogP contribution in [0.5, 0.6) is 17.2 Å². The van der Waals surface area contributed by atoms with E-state index in [0.29, 0.717) is 38.4 Å². The molecule has 10 heteroatoms. The lowest BCUT2D eigenvalue weighted by atomic mass is 9.85. The fraction of sp³-hybridized carbons (Fsp3) is 0.476. The van der Waals surface area contributed by atoms with Gasteiger partial charge in [-0.25, -0.2) is 0 Å². The van der Waals surface area contributed by atoms with E-state index < -0.39 is 36.9 Å². The number of halogens is 4. The molecule has 0 radical (unpaired) electrons. The Morgan fingerprint density at radius 1 is 1.06 bits per heavy atom. The van der Waals surface area contributed by atoms with Crippen LogP contribution < -0.4 is 14.2 Å². The number of hydrogen-bond donors (Lipinski definition) is 0. The van der Waals surface area contributed by atoms with E-state index in [0.717, 1.165) is 0 Å². The number of carbonyl (C=O) groups is 1. The summed E-state index contributed by atoms with van der Waals surface area (Å²) in [6, 6.07) is 3.25. The summed E-state index contributed by atoms with van der Waals surface area (Å²) in [7, 11) is 4.28. The van der Waals surface area contributed by atoms with Gasteiger partial charge in [0, 0.05) is 17.5 Å². The topological polar surface area (TPSA) is 63.2 Å². The van der Waals surface area contributed by atoms with Crippen molar-refractivity contribution in [2.75, 3.05) is 21.3 Å². The molecule has 1 saturated heterocycles. The highest BCUT2D eigenvalue weighted by molar-refractivity contribution is 6.37. The number of fused-ring (bicyclic) bond motifs is 4. The van der Waals surface area contributed by atoms with Gasteiger partial charge in [0.2, 0.25) is 0 Å². The molecule has 2 aliphatic heterocycles. The summed E-state index contributed by atoms with van der Waals surface area (Å²) in [5.74, 6) is 0.436. The summed E-state index contributed by atoms with van der Waals surface area (Å²) in [4.78, 5) is 12.0. The zero-order chi connectivity index (χ0) is 22.5. The number of benzene rings is 2. The Balaban J connectivity index is 2.06. The minimum absolute atomic E-state index is 0.0675. The molecular weight excluding hydrogens is 441 g/mol. The van der Waals surface area contributed by atoms with Gasteiger partial charge in [0.25, 0.3) is 0 Å². The Morgan fingerprint density at radius 3 is 2.35 bits per heavy atom. The van der Waals surface area contributed by atoms with Crippen LogP contribution in [0.2, 0.25) is 5.02 Å². The van der Waals surface area contributed by atoms with E-state index in [4.69, 9.17) is 35.3 Å². The molecule has 6 nitrogen and oxygen atoms in total. The van der Waals surface area contributed by atoms with Crippen LogP contribution in [0.4, 0.5) is 13.2 Å². The fourth-order valence-corrected chi connectivity index (χ4v) is 4.65. The van der Waals surface area contributed by atoms with Gasteiger partial charge in [-0.15, -0.1) is 0 Å². The second-order valence-corrected chi connectivity index (χ2v) is 7.73. The Kier molecular flexibility index (Phi) is 5.59. The van der Waals surface area contributed by atoms with Crippen LogP contribution in [-0.2, 0) is 14.3 Å². The molecule has 0 amide bonds. The third-order valence-electron chi connectivity index (χ3n) is 5.58. The summed E-state index contributed by atoms with van der Waals surface area (Å²) >= 11 is 6.49. The van der Waals surface area contributed by atoms with E-state index >= 15 is 0 Å². The first kappa shape index (κ1) is 21.8. The maximum absolute atomic E-state index is 13.0. The van der Waals surface area contributed by atoms with E-state index in [-0.39, 0.29) is 18.6 Å². The lowest BCUT2D eigenvalue weighted by Gasteiger charge is -2.36. The van der Waals surface area contributed by atoms with Crippen LogP contribution >= 0.6 is 11.6 Å². The summed E-state index contributed by atoms with van der Waals surface area (Å²) in [6.07, 6.45) is -8.45. The number of esters is 1. The number of hydrogen-bond acceptors (Lipinski definition) is 6. The van der Waals surface area contributed by atoms with Gasteiger partial charge >= 0.3 is 12.1 Å². The first-order valence-electron chi connectivity index (χ1n) is 9.55. The minimum Gasteiger partial charge on any atom is -0.496 e. The Morgan fingerprint density at radius 2 is 1.74 bits per heavy atom. The zero-order valence-corrected chi connectivity index (χ0v) is 17.7. The number of carbonyl (C=O) groups excluding carboxylic acids is 1. The number of rotatable bonds is 5. The van der Waals surface area contributed by atoms with Crippen LogP contribution in [-0.4, -0.2) is 39.6 Å². The Hall–Kier alpha value is -2.39. The van der Waals surface area contributed by atoms with E-state index in [1.807, 2.05) is 0 Å². The highest BCUT2D eigenvalue weighted by atomic mass is 35.5. The number of alkyl halides is 3. The molecule has 4 rings (SSSR count). The Labute approximate surface area is 181 Å². The van der Waals surface area contributed by atoms with Gasteiger partial charge in [-0.3, -0.25) is 4.79 Å². The molecule has 0 aliphatic carbocycles. The summed E-state index contributed by atoms with van der Waals surface area (Å²) in [5.41, 5.74) is 0.754. The smallest absolute Gasteiger partial charge is 0.389 e. The second kappa shape index (κ2) is 7.94. The molecule has 2 aromatic carbocycles. The van der Waals surface area contributed by atoms with Gasteiger partial charge in [-0.1, -0.05) is 11.6 Å². The maximum Gasteiger partial charge on any atom is 0.389 e. The molecule has 1 fully saturated rings. The molecule has 168 valence electrons. The quantitative estimate of drug-likeness (QED) is 0.565. The molecule has 3 atom stereocenters. The van der Waals surface area contributed by atoms with Crippen LogP contribution in [0.3, 0.4) is 0 Å². The average molecular weight is 461 g/mol. The normalized spacial score (nSPS) is 22.7. The number of methoxy groups -OCH3 is 3. The van der Waals surface area contributed by atoms with Crippen molar-refractivity contribution >= 4 is 28.3 Å². The predicted molar refractivity (Wildman–Crippen MR) is 105 cm³/mol. The monoisotopic (exact) mass is 460 g/mol. The summed E-state index contributed by atoms with van der Waals surface area (Å²) < 4.78 is 67.4. The van der Waals surface area contributed by atoms with E-state index in [9.17, 15) is 18.0 Å². The van der Waals surface area contributed by atoms with Gasteiger partial charge in [-0.2, -0.15) is 13.2 Å². The summed E-state index contributed by atoms with van der Waals surface area (Å²) in [6.45, 7) is 0. The molecule has 2 aromatic rings. The Bertz CT molecular complexity index is 1040. The van der Waals surface area contributed by atoms with Gasteiger partial charge < -0.3 is 23.7 Å². The molecule has 0 aromatic heterocycles. The van der Waals surface area contributed by atoms with E-state index in [1.165, 1.54) is 21.3 Å². The second-order valence-electron chi connectivity index (χ2n) is 7.33. The highest BCUT2D eigenvalue weighted by Crippen LogP contribution is 2.57. The molecule has 2 heterocycles. The van der Waals surface area contributed by atoms with Crippen molar-refractivity contribution in [3.63, 3.8) is 0 Å². The lowest BCUT2D eigenvalue weighted by Crippen LogP contribution is -2.29. The zero-order valence-electron chi connectivity index (χ0n) is 17.0. The first-order valence-corrected chi connectivity index (χ1v) is 9.93. The molecular formula is C21H20ClF3O6. The van der Waals surface area contributed by atoms with Crippen LogP contribution in [0.1, 0.15) is 42.6 Å².